The summed E-state index contributed by atoms with van der Waals surface area (Å²) in [5.41, 5.74) is 8.00. The summed E-state index contributed by atoms with van der Waals surface area (Å²) < 4.78 is 0. The maximum Gasteiger partial charge on any atom is 0.241 e. The van der Waals surface area contributed by atoms with Gasteiger partial charge in [0.15, 0.2) is 5.78 Å². The number of anilines is 1. The SMILES string of the molecule is CCCCCCC(N)C(=O)Nc1sc(C)c(C)c1C(=O)c1ccc(Cl)cc1. The molecule has 3 N–H and O–H groups in total. The standard InChI is InChI=1S/C21H27ClN2O2S/c1-4-5-6-7-8-17(23)20(26)24-21-18(13(2)14(3)27-21)19(25)15-9-11-16(22)12-10-15/h9-12,17H,4-8,23H2,1-3H3,(H,24,26). The van der Waals surface area contributed by atoms with E-state index in [1.807, 2.05) is 13.8 Å². The van der Waals surface area contributed by atoms with Crippen LogP contribution in [0.4, 0.5) is 5.00 Å². The van der Waals surface area contributed by atoms with Crippen LogP contribution in [0.3, 0.4) is 0 Å². The maximum atomic E-state index is 13.0. The minimum atomic E-state index is -0.567. The maximum absolute atomic E-state index is 13.0. The first-order valence-electron chi connectivity index (χ1n) is 9.31. The van der Waals surface area contributed by atoms with Crippen molar-refractivity contribution in [3.8, 4) is 0 Å². The number of rotatable bonds is 9. The van der Waals surface area contributed by atoms with Crippen LogP contribution in [-0.4, -0.2) is 17.7 Å². The molecule has 0 radical (unpaired) electrons. The van der Waals surface area contributed by atoms with E-state index in [2.05, 4.69) is 12.2 Å². The number of benzene rings is 1. The number of carbonyl (C=O) groups is 2. The predicted octanol–water partition coefficient (Wildman–Crippen LogP) is 5.49. The van der Waals surface area contributed by atoms with Crippen molar-refractivity contribution in [3.05, 3.63) is 50.9 Å². The molecule has 1 amide bonds. The number of hydrogen-bond donors (Lipinski definition) is 2. The van der Waals surface area contributed by atoms with Crippen molar-refractivity contribution in [3.63, 3.8) is 0 Å². The molecule has 2 aromatic rings. The molecule has 0 spiro atoms. The highest BCUT2D eigenvalue weighted by Crippen LogP contribution is 2.34. The van der Waals surface area contributed by atoms with Gasteiger partial charge in [0.2, 0.25) is 5.91 Å². The van der Waals surface area contributed by atoms with Gasteiger partial charge >= 0.3 is 0 Å². The zero-order chi connectivity index (χ0) is 20.0. The second kappa shape index (κ2) is 10.0. The molecule has 27 heavy (non-hydrogen) atoms. The molecule has 1 heterocycles. The van der Waals surface area contributed by atoms with E-state index in [4.69, 9.17) is 17.3 Å². The van der Waals surface area contributed by atoms with Gasteiger partial charge in [-0.2, -0.15) is 0 Å². The van der Waals surface area contributed by atoms with Crippen LogP contribution in [-0.2, 0) is 4.79 Å². The number of amides is 1. The van der Waals surface area contributed by atoms with Gasteiger partial charge in [0.05, 0.1) is 11.6 Å². The minimum absolute atomic E-state index is 0.125. The molecule has 1 unspecified atom stereocenters. The van der Waals surface area contributed by atoms with Crippen molar-refractivity contribution in [1.82, 2.24) is 0 Å². The third kappa shape index (κ3) is 5.64. The van der Waals surface area contributed by atoms with Crippen LogP contribution >= 0.6 is 22.9 Å². The Morgan fingerprint density at radius 1 is 1.15 bits per heavy atom. The highest BCUT2D eigenvalue weighted by atomic mass is 35.5. The van der Waals surface area contributed by atoms with E-state index >= 15 is 0 Å². The van der Waals surface area contributed by atoms with E-state index in [1.165, 1.54) is 11.3 Å². The van der Waals surface area contributed by atoms with E-state index in [9.17, 15) is 9.59 Å². The zero-order valence-corrected chi connectivity index (χ0v) is 17.7. The van der Waals surface area contributed by atoms with Crippen molar-refractivity contribution < 1.29 is 9.59 Å². The Morgan fingerprint density at radius 3 is 2.44 bits per heavy atom. The Kier molecular flexibility index (Phi) is 8.02. The Morgan fingerprint density at radius 2 is 1.81 bits per heavy atom. The first-order chi connectivity index (χ1) is 12.8. The van der Waals surface area contributed by atoms with Gasteiger partial charge in [-0.15, -0.1) is 11.3 Å². The van der Waals surface area contributed by atoms with Crippen molar-refractivity contribution in [2.45, 2.75) is 58.9 Å². The molecule has 1 aromatic heterocycles. The van der Waals surface area contributed by atoms with Crippen LogP contribution in [0, 0.1) is 13.8 Å². The highest BCUT2D eigenvalue weighted by Gasteiger charge is 2.23. The Labute approximate surface area is 170 Å². The van der Waals surface area contributed by atoms with Gasteiger partial charge in [-0.05, 0) is 50.1 Å². The molecule has 0 fully saturated rings. The molecule has 0 saturated carbocycles. The van der Waals surface area contributed by atoms with Gasteiger partial charge in [-0.1, -0.05) is 44.2 Å². The molecule has 1 atom stereocenters. The first-order valence-corrected chi connectivity index (χ1v) is 10.5. The second-order valence-corrected chi connectivity index (χ2v) is 8.43. The van der Waals surface area contributed by atoms with Gasteiger partial charge in [-0.25, -0.2) is 0 Å². The lowest BCUT2D eigenvalue weighted by atomic mass is 10.0. The summed E-state index contributed by atoms with van der Waals surface area (Å²) in [6, 6.07) is 6.20. The fraction of sp³-hybridized carbons (Fsp3) is 0.429. The fourth-order valence-corrected chi connectivity index (χ4v) is 4.05. The van der Waals surface area contributed by atoms with Crippen molar-refractivity contribution in [1.29, 1.82) is 0 Å². The number of aryl methyl sites for hydroxylation is 1. The Bertz CT molecular complexity index is 799. The summed E-state index contributed by atoms with van der Waals surface area (Å²) in [5.74, 6) is -0.363. The van der Waals surface area contributed by atoms with E-state index in [1.54, 1.807) is 24.3 Å². The quantitative estimate of drug-likeness (QED) is 0.427. The number of thiophene rings is 1. The summed E-state index contributed by atoms with van der Waals surface area (Å²) in [5, 5.41) is 4.03. The monoisotopic (exact) mass is 406 g/mol. The molecule has 0 aliphatic carbocycles. The van der Waals surface area contributed by atoms with Gasteiger partial charge in [0.25, 0.3) is 0 Å². The first kappa shape index (κ1) is 21.6. The van der Waals surface area contributed by atoms with Gasteiger partial charge in [0, 0.05) is 15.5 Å². The third-order valence-electron chi connectivity index (χ3n) is 4.66. The normalized spacial score (nSPS) is 12.0. The van der Waals surface area contributed by atoms with E-state index < -0.39 is 6.04 Å². The lowest BCUT2D eigenvalue weighted by molar-refractivity contribution is -0.117. The van der Waals surface area contributed by atoms with E-state index in [0.717, 1.165) is 36.1 Å². The van der Waals surface area contributed by atoms with Gasteiger partial charge in [-0.3, -0.25) is 9.59 Å². The zero-order valence-electron chi connectivity index (χ0n) is 16.1. The Balaban J connectivity index is 2.16. The smallest absolute Gasteiger partial charge is 0.241 e. The molecule has 6 heteroatoms. The number of unbranched alkanes of at least 4 members (excludes halogenated alkanes) is 3. The molecule has 146 valence electrons. The number of halogens is 1. The predicted molar refractivity (Wildman–Crippen MR) is 114 cm³/mol. The van der Waals surface area contributed by atoms with Crippen LogP contribution in [0.1, 0.15) is 65.4 Å². The van der Waals surface area contributed by atoms with Crippen LogP contribution in [0.15, 0.2) is 24.3 Å². The molecule has 4 nitrogen and oxygen atoms in total. The largest absolute Gasteiger partial charge is 0.320 e. The number of ketones is 1. The summed E-state index contributed by atoms with van der Waals surface area (Å²) in [6.07, 6.45) is 4.95. The minimum Gasteiger partial charge on any atom is -0.320 e. The van der Waals surface area contributed by atoms with Gasteiger partial charge < -0.3 is 11.1 Å². The number of nitrogens with one attached hydrogen (secondary N) is 1. The van der Waals surface area contributed by atoms with Crippen molar-refractivity contribution >= 4 is 39.6 Å². The average molecular weight is 407 g/mol. The molecule has 0 aliphatic heterocycles. The molecule has 0 saturated heterocycles. The number of hydrogen-bond acceptors (Lipinski definition) is 4. The molecular formula is C21H27ClN2O2S. The number of carbonyl (C=O) groups excluding carboxylic acids is 2. The van der Waals surface area contributed by atoms with E-state index in [-0.39, 0.29) is 11.7 Å². The fourth-order valence-electron chi connectivity index (χ4n) is 2.86. The van der Waals surface area contributed by atoms with Crippen molar-refractivity contribution in [2.75, 3.05) is 5.32 Å². The van der Waals surface area contributed by atoms with Crippen LogP contribution in [0.5, 0.6) is 0 Å². The summed E-state index contributed by atoms with van der Waals surface area (Å²) in [6.45, 7) is 5.99. The molecular weight excluding hydrogens is 380 g/mol. The molecule has 1 aromatic carbocycles. The average Bonchev–Trinajstić information content (AvgIpc) is 2.92. The van der Waals surface area contributed by atoms with Gasteiger partial charge in [0.1, 0.15) is 5.00 Å². The number of nitrogens with two attached hydrogens (primary N) is 1. The second-order valence-electron chi connectivity index (χ2n) is 6.77. The molecule has 0 aliphatic rings. The third-order valence-corrected chi connectivity index (χ3v) is 6.04. The molecule has 2 rings (SSSR count). The van der Waals surface area contributed by atoms with E-state index in [0.29, 0.717) is 27.6 Å². The summed E-state index contributed by atoms with van der Waals surface area (Å²) >= 11 is 7.32. The summed E-state index contributed by atoms with van der Waals surface area (Å²) in [7, 11) is 0. The van der Waals surface area contributed by atoms with Crippen LogP contribution in [0.25, 0.3) is 0 Å². The lowest BCUT2D eigenvalue weighted by Gasteiger charge is -2.12. The molecule has 0 bridgehead atoms. The van der Waals surface area contributed by atoms with Crippen LogP contribution in [0.2, 0.25) is 5.02 Å². The van der Waals surface area contributed by atoms with Crippen LogP contribution < -0.4 is 11.1 Å². The topological polar surface area (TPSA) is 72.2 Å². The Hall–Kier alpha value is -1.69. The van der Waals surface area contributed by atoms with Crippen molar-refractivity contribution in [2.24, 2.45) is 5.73 Å². The summed E-state index contributed by atoms with van der Waals surface area (Å²) in [4.78, 5) is 26.5. The lowest BCUT2D eigenvalue weighted by Crippen LogP contribution is -2.35. The highest BCUT2D eigenvalue weighted by molar-refractivity contribution is 7.16.